The Balaban J connectivity index is 1.91. The second-order valence-electron chi connectivity index (χ2n) is 8.96. The second-order valence-corrected chi connectivity index (χ2v) is 8.96. The molecule has 0 aliphatic heterocycles. The molecular formula is C19H30O5. The number of carboxylic acids is 2. The average Bonchev–Trinajstić information content (AvgIpc) is 2.77. The molecule has 3 aliphatic rings. The highest BCUT2D eigenvalue weighted by Crippen LogP contribution is 2.64. The van der Waals surface area contributed by atoms with Crippen LogP contribution in [0, 0.1) is 34.5 Å². The zero-order chi connectivity index (χ0) is 17.7. The van der Waals surface area contributed by atoms with Gasteiger partial charge in [0.25, 0.3) is 0 Å². The molecule has 0 saturated heterocycles. The highest BCUT2D eigenvalue weighted by Gasteiger charge is 2.59. The smallest absolute Gasteiger partial charge is 0.303 e. The van der Waals surface area contributed by atoms with Crippen molar-refractivity contribution >= 4 is 11.9 Å². The minimum absolute atomic E-state index is 0.0368. The summed E-state index contributed by atoms with van der Waals surface area (Å²) in [6.07, 6.45) is 5.35. The third-order valence-corrected chi connectivity index (χ3v) is 7.97. The highest BCUT2D eigenvalue weighted by molar-refractivity contribution is 5.69. The molecular weight excluding hydrogens is 308 g/mol. The average molecular weight is 338 g/mol. The molecule has 0 heterocycles. The van der Waals surface area contributed by atoms with Gasteiger partial charge in [0.05, 0.1) is 12.5 Å². The van der Waals surface area contributed by atoms with Gasteiger partial charge < -0.3 is 15.3 Å². The standard InChI is InChI=1S/C19H30O5/c1-18-8-7-14-12(13(18)5-6-15(18)20)4-3-11(9-16(21)22)19(14,2)10-17(23)24/h11-15,20H,3-10H2,1-2H3,(H,21,22)(H,23,24)/t11-,12-,13-,14-,15?,18-,19-/m0/s1. The van der Waals surface area contributed by atoms with Crippen LogP contribution in [0.4, 0.5) is 0 Å². The van der Waals surface area contributed by atoms with Crippen LogP contribution in [0.3, 0.4) is 0 Å². The Hall–Kier alpha value is -1.10. The fourth-order valence-electron chi connectivity index (χ4n) is 6.65. The number of rotatable bonds is 4. The van der Waals surface area contributed by atoms with Crippen LogP contribution in [0.15, 0.2) is 0 Å². The zero-order valence-electron chi connectivity index (χ0n) is 14.7. The lowest BCUT2D eigenvalue weighted by Gasteiger charge is -2.58. The molecule has 136 valence electrons. The van der Waals surface area contributed by atoms with Crippen LogP contribution in [-0.4, -0.2) is 33.4 Å². The van der Waals surface area contributed by atoms with Crippen molar-refractivity contribution in [2.45, 2.75) is 71.3 Å². The van der Waals surface area contributed by atoms with E-state index in [1.54, 1.807) is 0 Å². The minimum atomic E-state index is -0.827. The van der Waals surface area contributed by atoms with E-state index in [0.29, 0.717) is 11.8 Å². The van der Waals surface area contributed by atoms with Crippen LogP contribution in [0.5, 0.6) is 0 Å². The summed E-state index contributed by atoms with van der Waals surface area (Å²) in [4.78, 5) is 22.8. The quantitative estimate of drug-likeness (QED) is 0.732. The first-order valence-corrected chi connectivity index (χ1v) is 9.30. The van der Waals surface area contributed by atoms with Crippen molar-refractivity contribution in [3.8, 4) is 0 Å². The number of carboxylic acid groups (broad SMARTS) is 2. The maximum atomic E-state index is 11.5. The van der Waals surface area contributed by atoms with Gasteiger partial charge in [-0.05, 0) is 73.0 Å². The molecule has 0 spiro atoms. The monoisotopic (exact) mass is 338 g/mol. The predicted octanol–water partition coefficient (Wildman–Crippen LogP) is 3.16. The summed E-state index contributed by atoms with van der Waals surface area (Å²) in [5, 5.41) is 29.2. The summed E-state index contributed by atoms with van der Waals surface area (Å²) in [7, 11) is 0. The Morgan fingerprint density at radius 3 is 2.29 bits per heavy atom. The molecule has 3 N–H and O–H groups in total. The molecule has 3 fully saturated rings. The van der Waals surface area contributed by atoms with E-state index in [9.17, 15) is 24.9 Å². The molecule has 0 aromatic rings. The Morgan fingerprint density at radius 1 is 0.958 bits per heavy atom. The van der Waals surface area contributed by atoms with Gasteiger partial charge in [-0.15, -0.1) is 0 Å². The van der Waals surface area contributed by atoms with Crippen molar-refractivity contribution < 1.29 is 24.9 Å². The number of carbonyl (C=O) groups is 2. The summed E-state index contributed by atoms with van der Waals surface area (Å²) in [5.74, 6) is -0.584. The molecule has 7 atom stereocenters. The van der Waals surface area contributed by atoms with Gasteiger partial charge in [0.2, 0.25) is 0 Å². The molecule has 3 rings (SSSR count). The lowest BCUT2D eigenvalue weighted by Crippen LogP contribution is -2.53. The Kier molecular flexibility index (Phi) is 4.44. The van der Waals surface area contributed by atoms with E-state index in [4.69, 9.17) is 0 Å². The van der Waals surface area contributed by atoms with E-state index >= 15 is 0 Å². The third kappa shape index (κ3) is 2.65. The summed E-state index contributed by atoms with van der Waals surface area (Å²) < 4.78 is 0. The van der Waals surface area contributed by atoms with Gasteiger partial charge in [-0.2, -0.15) is 0 Å². The van der Waals surface area contributed by atoms with Gasteiger partial charge in [0.1, 0.15) is 0 Å². The Labute approximate surface area is 143 Å². The normalized spacial score (nSPS) is 47.7. The van der Waals surface area contributed by atoms with Crippen molar-refractivity contribution in [1.82, 2.24) is 0 Å². The number of aliphatic hydroxyl groups excluding tert-OH is 1. The third-order valence-electron chi connectivity index (χ3n) is 7.97. The van der Waals surface area contributed by atoms with E-state index < -0.39 is 17.4 Å². The first-order valence-electron chi connectivity index (χ1n) is 9.30. The van der Waals surface area contributed by atoms with Gasteiger partial charge in [0, 0.05) is 6.42 Å². The van der Waals surface area contributed by atoms with E-state index in [1.807, 2.05) is 6.92 Å². The number of hydrogen-bond donors (Lipinski definition) is 3. The van der Waals surface area contributed by atoms with E-state index in [0.717, 1.165) is 38.5 Å². The van der Waals surface area contributed by atoms with Crippen LogP contribution >= 0.6 is 0 Å². The van der Waals surface area contributed by atoms with Crippen LogP contribution in [0.25, 0.3) is 0 Å². The molecule has 5 heteroatoms. The molecule has 0 radical (unpaired) electrons. The maximum Gasteiger partial charge on any atom is 0.303 e. The fraction of sp³-hybridized carbons (Fsp3) is 0.895. The van der Waals surface area contributed by atoms with Crippen molar-refractivity contribution in [3.63, 3.8) is 0 Å². The topological polar surface area (TPSA) is 94.8 Å². The SMILES string of the molecule is C[C@]1(CC(=O)O)[C@H](CC(=O)O)CC[C@@H]2[C@@H]1CC[C@]1(C)C(O)CC[C@@H]21. The van der Waals surface area contributed by atoms with E-state index in [1.165, 1.54) is 0 Å². The number of hydrogen-bond acceptors (Lipinski definition) is 3. The fourth-order valence-corrected chi connectivity index (χ4v) is 6.65. The number of fused-ring (bicyclic) bond motifs is 3. The summed E-state index contributed by atoms with van der Waals surface area (Å²) >= 11 is 0. The van der Waals surface area contributed by atoms with Crippen LogP contribution < -0.4 is 0 Å². The van der Waals surface area contributed by atoms with Gasteiger partial charge in [-0.3, -0.25) is 9.59 Å². The van der Waals surface area contributed by atoms with E-state index in [-0.39, 0.29) is 36.2 Å². The maximum absolute atomic E-state index is 11.5. The minimum Gasteiger partial charge on any atom is -0.481 e. The van der Waals surface area contributed by atoms with Crippen molar-refractivity contribution in [2.75, 3.05) is 0 Å². The summed E-state index contributed by atoms with van der Waals surface area (Å²) in [6.45, 7) is 4.21. The second kappa shape index (κ2) is 6.01. The van der Waals surface area contributed by atoms with Crippen molar-refractivity contribution in [2.24, 2.45) is 34.5 Å². The van der Waals surface area contributed by atoms with E-state index in [2.05, 4.69) is 6.92 Å². The molecule has 0 amide bonds. The highest BCUT2D eigenvalue weighted by atomic mass is 16.4. The van der Waals surface area contributed by atoms with Crippen LogP contribution in [-0.2, 0) is 9.59 Å². The van der Waals surface area contributed by atoms with Gasteiger partial charge in [-0.1, -0.05) is 13.8 Å². The number of aliphatic hydroxyl groups is 1. The molecule has 5 nitrogen and oxygen atoms in total. The predicted molar refractivity (Wildman–Crippen MR) is 88.4 cm³/mol. The lowest BCUT2D eigenvalue weighted by molar-refractivity contribution is -0.156. The number of aliphatic carboxylic acids is 2. The molecule has 24 heavy (non-hydrogen) atoms. The first-order chi connectivity index (χ1) is 11.2. The molecule has 0 bridgehead atoms. The first kappa shape index (κ1) is 17.7. The van der Waals surface area contributed by atoms with Crippen LogP contribution in [0.2, 0.25) is 0 Å². The van der Waals surface area contributed by atoms with Crippen LogP contribution in [0.1, 0.15) is 65.2 Å². The van der Waals surface area contributed by atoms with Crippen molar-refractivity contribution in [1.29, 1.82) is 0 Å². The van der Waals surface area contributed by atoms with Gasteiger partial charge >= 0.3 is 11.9 Å². The van der Waals surface area contributed by atoms with Crippen molar-refractivity contribution in [3.05, 3.63) is 0 Å². The van der Waals surface area contributed by atoms with Gasteiger partial charge in [-0.25, -0.2) is 0 Å². The zero-order valence-corrected chi connectivity index (χ0v) is 14.7. The molecule has 1 unspecified atom stereocenters. The molecule has 3 aliphatic carbocycles. The Bertz CT molecular complexity index is 532. The molecule has 0 aromatic heterocycles. The van der Waals surface area contributed by atoms with Gasteiger partial charge in [0.15, 0.2) is 0 Å². The summed E-state index contributed by atoms with van der Waals surface area (Å²) in [5.41, 5.74) is -0.493. The molecule has 0 aromatic carbocycles. The largest absolute Gasteiger partial charge is 0.481 e. The molecule has 3 saturated carbocycles. The Morgan fingerprint density at radius 2 is 1.67 bits per heavy atom. The summed E-state index contributed by atoms with van der Waals surface area (Å²) in [6, 6.07) is 0. The lowest BCUT2D eigenvalue weighted by atomic mass is 9.46.